The first kappa shape index (κ1) is 28.6. The summed E-state index contributed by atoms with van der Waals surface area (Å²) in [6.07, 6.45) is 4.08. The van der Waals surface area contributed by atoms with Crippen LogP contribution >= 0.6 is 23.2 Å². The van der Waals surface area contributed by atoms with Gasteiger partial charge in [-0.2, -0.15) is 0 Å². The van der Waals surface area contributed by atoms with E-state index < -0.39 is 4.92 Å². The number of benzene rings is 2. The van der Waals surface area contributed by atoms with Crippen LogP contribution < -0.4 is 19.7 Å². The van der Waals surface area contributed by atoms with Gasteiger partial charge in [0.1, 0.15) is 5.75 Å². The second kappa shape index (κ2) is 15.4. The maximum atomic E-state index is 10.6. The number of nitrogens with one attached hydrogen (secondary N) is 1. The van der Waals surface area contributed by atoms with Crippen LogP contribution in [0.1, 0.15) is 33.1 Å². The minimum atomic E-state index is -0.652. The minimum absolute atomic E-state index is 0.00435. The van der Waals surface area contributed by atoms with Crippen LogP contribution in [0.2, 0.25) is 10.0 Å². The minimum Gasteiger partial charge on any atom is -0.508 e. The fourth-order valence-electron chi connectivity index (χ4n) is 3.06. The van der Waals surface area contributed by atoms with Gasteiger partial charge in [0.2, 0.25) is 5.75 Å². The van der Waals surface area contributed by atoms with Gasteiger partial charge in [0.15, 0.2) is 5.75 Å². The van der Waals surface area contributed by atoms with Crippen LogP contribution in [0.4, 0.5) is 11.4 Å². The molecule has 1 aliphatic rings. The van der Waals surface area contributed by atoms with Gasteiger partial charge in [0.05, 0.1) is 40.9 Å². The van der Waals surface area contributed by atoms with Crippen LogP contribution in [-0.2, 0) is 0 Å². The molecule has 0 aliphatic carbocycles. The fourth-order valence-corrected chi connectivity index (χ4v) is 3.48. The lowest BCUT2D eigenvalue weighted by Gasteiger charge is -2.30. The van der Waals surface area contributed by atoms with Crippen molar-refractivity contribution in [3.63, 3.8) is 0 Å². The zero-order valence-corrected chi connectivity index (χ0v) is 21.1. The molecule has 8 nitrogen and oxygen atoms in total. The van der Waals surface area contributed by atoms with E-state index in [0.717, 1.165) is 37.9 Å². The number of anilines is 1. The number of ether oxygens (including phenoxy) is 2. The summed E-state index contributed by atoms with van der Waals surface area (Å²) in [4.78, 5) is 12.2. The first-order valence-corrected chi connectivity index (χ1v) is 11.5. The molecular formula is C23H33Cl2N3O5. The average Bonchev–Trinajstić information content (AvgIpc) is 2.82. The summed E-state index contributed by atoms with van der Waals surface area (Å²) >= 11 is 12.1. The van der Waals surface area contributed by atoms with E-state index in [9.17, 15) is 10.1 Å². The number of aromatic hydroxyl groups is 1. The van der Waals surface area contributed by atoms with Crippen molar-refractivity contribution in [3.05, 3.63) is 50.5 Å². The number of methoxy groups -OCH3 is 2. The summed E-state index contributed by atoms with van der Waals surface area (Å²) in [5, 5.41) is 24.3. The molecule has 1 saturated heterocycles. The lowest BCUT2D eigenvalue weighted by Crippen LogP contribution is -2.43. The normalized spacial score (nSPS) is 12.6. The zero-order chi connectivity index (χ0) is 24.8. The maximum Gasteiger partial charge on any atom is 0.318 e. The third kappa shape index (κ3) is 9.15. The number of nitro benzene ring substituents is 1. The Labute approximate surface area is 205 Å². The third-order valence-corrected chi connectivity index (χ3v) is 5.55. The number of phenols is 1. The molecule has 0 amide bonds. The predicted molar refractivity (Wildman–Crippen MR) is 135 cm³/mol. The number of nitro groups is 1. The van der Waals surface area contributed by atoms with E-state index in [1.54, 1.807) is 0 Å². The summed E-state index contributed by atoms with van der Waals surface area (Å²) in [5.74, 6) is -0.121. The number of hydrogen-bond acceptors (Lipinski definition) is 7. The van der Waals surface area contributed by atoms with E-state index in [1.165, 1.54) is 39.5 Å². The van der Waals surface area contributed by atoms with E-state index in [-0.39, 0.29) is 22.9 Å². The smallest absolute Gasteiger partial charge is 0.318 e. The van der Waals surface area contributed by atoms with Crippen molar-refractivity contribution < 1.29 is 19.5 Å². The number of phenolic OH excluding ortho intramolecular Hbond substituents is 1. The molecular weight excluding hydrogens is 469 g/mol. The first-order valence-electron chi connectivity index (χ1n) is 10.8. The second-order valence-corrected chi connectivity index (χ2v) is 7.91. The first-order chi connectivity index (χ1) is 15.8. The van der Waals surface area contributed by atoms with Gasteiger partial charge in [-0.15, -0.1) is 0 Å². The van der Waals surface area contributed by atoms with E-state index in [2.05, 4.69) is 24.1 Å². The van der Waals surface area contributed by atoms with Gasteiger partial charge in [-0.05, 0) is 12.1 Å². The van der Waals surface area contributed by atoms with Crippen LogP contribution in [0.3, 0.4) is 0 Å². The summed E-state index contributed by atoms with van der Waals surface area (Å²) in [7, 11) is 2.63. The second-order valence-electron chi connectivity index (χ2n) is 7.12. The Morgan fingerprint density at radius 1 is 1.12 bits per heavy atom. The van der Waals surface area contributed by atoms with E-state index in [4.69, 9.17) is 37.8 Å². The number of piperazine rings is 1. The molecule has 0 radical (unpaired) electrons. The maximum absolute atomic E-state index is 10.6. The molecule has 184 valence electrons. The molecule has 2 aromatic rings. The molecule has 0 unspecified atom stereocenters. The Hall–Kier alpha value is -2.42. The van der Waals surface area contributed by atoms with Crippen molar-refractivity contribution in [2.45, 2.75) is 33.1 Å². The van der Waals surface area contributed by atoms with Crippen LogP contribution in [-0.4, -0.2) is 50.4 Å². The molecule has 33 heavy (non-hydrogen) atoms. The third-order valence-electron chi connectivity index (χ3n) is 4.74. The van der Waals surface area contributed by atoms with Crippen LogP contribution in [0.25, 0.3) is 0 Å². The van der Waals surface area contributed by atoms with Gasteiger partial charge in [0, 0.05) is 32.2 Å². The Bertz CT molecular complexity index is 875. The number of unbranched alkanes of at least 4 members (excludes halogenated alkanes) is 2. The SMILES string of the molecule is CCCCC.COc1cc(O)cc([N+](=O)[O-])c1OC.Clc1cccc(N2CCNCC2)c1Cl. The summed E-state index contributed by atoms with van der Waals surface area (Å²) in [5.41, 5.74) is 0.713. The highest BCUT2D eigenvalue weighted by Gasteiger charge is 2.21. The van der Waals surface area contributed by atoms with E-state index >= 15 is 0 Å². The quantitative estimate of drug-likeness (QED) is 0.374. The van der Waals surface area contributed by atoms with Gasteiger partial charge >= 0.3 is 5.69 Å². The van der Waals surface area contributed by atoms with Gasteiger partial charge in [-0.25, -0.2) is 0 Å². The Balaban J connectivity index is 0.000000275. The molecule has 0 saturated carbocycles. The molecule has 2 aromatic carbocycles. The molecule has 3 rings (SSSR count). The molecule has 1 fully saturated rings. The molecule has 0 atom stereocenters. The summed E-state index contributed by atoms with van der Waals surface area (Å²) < 4.78 is 9.62. The number of nitrogens with zero attached hydrogens (tertiary/aromatic N) is 2. The number of halogens is 2. The monoisotopic (exact) mass is 501 g/mol. The van der Waals surface area contributed by atoms with Gasteiger partial charge < -0.3 is 24.8 Å². The van der Waals surface area contributed by atoms with Crippen molar-refractivity contribution in [3.8, 4) is 17.2 Å². The van der Waals surface area contributed by atoms with Crippen molar-refractivity contribution in [1.29, 1.82) is 0 Å². The van der Waals surface area contributed by atoms with Crippen molar-refractivity contribution in [2.75, 3.05) is 45.3 Å². The zero-order valence-electron chi connectivity index (χ0n) is 19.6. The lowest BCUT2D eigenvalue weighted by atomic mass is 10.2. The Kier molecular flexibility index (Phi) is 13.4. The average molecular weight is 502 g/mol. The lowest BCUT2D eigenvalue weighted by molar-refractivity contribution is -0.385. The van der Waals surface area contributed by atoms with E-state index in [0.29, 0.717) is 10.0 Å². The summed E-state index contributed by atoms with van der Waals surface area (Å²) in [6.45, 7) is 8.40. The fraction of sp³-hybridized carbons (Fsp3) is 0.478. The molecule has 10 heteroatoms. The van der Waals surface area contributed by atoms with E-state index in [1.807, 2.05) is 18.2 Å². The molecule has 2 N–H and O–H groups in total. The highest BCUT2D eigenvalue weighted by atomic mass is 35.5. The van der Waals surface area contributed by atoms with Gasteiger partial charge in [-0.1, -0.05) is 62.4 Å². The van der Waals surface area contributed by atoms with Crippen molar-refractivity contribution in [1.82, 2.24) is 5.32 Å². The molecule has 1 aliphatic heterocycles. The standard InChI is InChI=1S/C10H12Cl2N2.C8H9NO5.C5H12/c11-8-2-1-3-9(10(8)12)14-6-4-13-5-7-14;1-13-7-4-5(10)3-6(9(11)12)8(7)14-2;1-3-5-4-2/h1-3,13H,4-7H2;3-4,10H,1-2H3;3-5H2,1-2H3. The van der Waals surface area contributed by atoms with Crippen LogP contribution in [0, 0.1) is 10.1 Å². The molecule has 0 bridgehead atoms. The van der Waals surface area contributed by atoms with Gasteiger partial charge in [0.25, 0.3) is 0 Å². The highest BCUT2D eigenvalue weighted by molar-refractivity contribution is 6.43. The summed E-state index contributed by atoms with van der Waals surface area (Å²) in [6, 6.07) is 8.01. The molecule has 0 aromatic heterocycles. The largest absolute Gasteiger partial charge is 0.508 e. The van der Waals surface area contributed by atoms with Crippen LogP contribution in [0.15, 0.2) is 30.3 Å². The highest BCUT2D eigenvalue weighted by Crippen LogP contribution is 2.39. The van der Waals surface area contributed by atoms with Crippen molar-refractivity contribution in [2.24, 2.45) is 0 Å². The van der Waals surface area contributed by atoms with Gasteiger partial charge in [-0.3, -0.25) is 10.1 Å². The topological polar surface area (TPSA) is 97.1 Å². The van der Waals surface area contributed by atoms with Crippen molar-refractivity contribution >= 4 is 34.6 Å². The molecule has 0 spiro atoms. The Morgan fingerprint density at radius 2 is 1.76 bits per heavy atom. The predicted octanol–water partition coefficient (Wildman–Crippen LogP) is 5.92. The van der Waals surface area contributed by atoms with Crippen LogP contribution in [0.5, 0.6) is 17.2 Å². The number of rotatable bonds is 6. The molecule has 1 heterocycles. The Morgan fingerprint density at radius 3 is 2.24 bits per heavy atom. The number of hydrogen-bond donors (Lipinski definition) is 2.